The van der Waals surface area contributed by atoms with Crippen LogP contribution in [0.5, 0.6) is 11.5 Å². The molecule has 0 aliphatic carbocycles. The van der Waals surface area contributed by atoms with Crippen LogP contribution in [0.1, 0.15) is 27.9 Å². The maximum Gasteiger partial charge on any atom is 0.260 e. The number of rotatable bonds is 5. The predicted molar refractivity (Wildman–Crippen MR) is 112 cm³/mol. The molecular formula is C23H28N2O4. The van der Waals surface area contributed by atoms with Gasteiger partial charge in [0.1, 0.15) is 11.5 Å². The van der Waals surface area contributed by atoms with Crippen molar-refractivity contribution in [2.75, 3.05) is 39.9 Å². The second kappa shape index (κ2) is 9.45. The fraction of sp³-hybridized carbons (Fsp3) is 0.391. The van der Waals surface area contributed by atoms with Gasteiger partial charge in [-0.1, -0.05) is 17.7 Å². The molecule has 2 aromatic rings. The third-order valence-corrected chi connectivity index (χ3v) is 5.15. The zero-order valence-corrected chi connectivity index (χ0v) is 17.3. The molecule has 29 heavy (non-hydrogen) atoms. The van der Waals surface area contributed by atoms with E-state index in [2.05, 4.69) is 0 Å². The first-order valence-corrected chi connectivity index (χ1v) is 9.89. The molecule has 0 unspecified atom stereocenters. The maximum absolute atomic E-state index is 12.8. The van der Waals surface area contributed by atoms with Crippen molar-refractivity contribution in [3.05, 3.63) is 59.2 Å². The molecule has 0 atom stereocenters. The third kappa shape index (κ3) is 5.28. The molecule has 2 amide bonds. The summed E-state index contributed by atoms with van der Waals surface area (Å²) in [6, 6.07) is 13.0. The average molecular weight is 396 g/mol. The van der Waals surface area contributed by atoms with Crippen molar-refractivity contribution < 1.29 is 19.1 Å². The summed E-state index contributed by atoms with van der Waals surface area (Å²) >= 11 is 0. The Bertz CT molecular complexity index is 864. The fourth-order valence-corrected chi connectivity index (χ4v) is 3.48. The fourth-order valence-electron chi connectivity index (χ4n) is 3.48. The van der Waals surface area contributed by atoms with Gasteiger partial charge in [0.05, 0.1) is 7.11 Å². The Morgan fingerprint density at radius 2 is 1.62 bits per heavy atom. The molecule has 1 heterocycles. The summed E-state index contributed by atoms with van der Waals surface area (Å²) in [5.41, 5.74) is 2.81. The highest BCUT2D eigenvalue weighted by Crippen LogP contribution is 2.19. The third-order valence-electron chi connectivity index (χ3n) is 5.15. The summed E-state index contributed by atoms with van der Waals surface area (Å²) in [4.78, 5) is 29.0. The van der Waals surface area contributed by atoms with E-state index in [9.17, 15) is 9.59 Å². The standard InChI is InChI=1S/C23H28N2O4/c1-17-5-10-21(18(2)15-17)29-16-22(26)24-11-4-12-25(14-13-24)23(27)19-6-8-20(28-3)9-7-19/h5-10,15H,4,11-14,16H2,1-3H3. The van der Waals surface area contributed by atoms with E-state index in [1.54, 1.807) is 41.2 Å². The van der Waals surface area contributed by atoms with Crippen molar-refractivity contribution in [2.45, 2.75) is 20.3 Å². The van der Waals surface area contributed by atoms with Gasteiger partial charge in [-0.2, -0.15) is 0 Å². The number of nitrogens with zero attached hydrogens (tertiary/aromatic N) is 2. The Morgan fingerprint density at radius 3 is 2.31 bits per heavy atom. The van der Waals surface area contributed by atoms with E-state index in [1.165, 1.54) is 0 Å². The van der Waals surface area contributed by atoms with Crippen LogP contribution in [-0.4, -0.2) is 61.5 Å². The molecule has 6 nitrogen and oxygen atoms in total. The number of ether oxygens (including phenoxy) is 2. The monoisotopic (exact) mass is 396 g/mol. The lowest BCUT2D eigenvalue weighted by Gasteiger charge is -2.22. The zero-order chi connectivity index (χ0) is 20.8. The second-order valence-electron chi connectivity index (χ2n) is 7.31. The second-order valence-corrected chi connectivity index (χ2v) is 7.31. The van der Waals surface area contributed by atoms with Gasteiger partial charge in [-0.3, -0.25) is 9.59 Å². The van der Waals surface area contributed by atoms with Crippen molar-refractivity contribution >= 4 is 11.8 Å². The number of aryl methyl sites for hydroxylation is 2. The van der Waals surface area contributed by atoms with Gasteiger partial charge in [0.15, 0.2) is 6.61 Å². The molecule has 0 spiro atoms. The number of methoxy groups -OCH3 is 1. The maximum atomic E-state index is 12.8. The minimum Gasteiger partial charge on any atom is -0.497 e. The lowest BCUT2D eigenvalue weighted by Crippen LogP contribution is -2.39. The van der Waals surface area contributed by atoms with Crippen molar-refractivity contribution in [2.24, 2.45) is 0 Å². The first-order chi connectivity index (χ1) is 14.0. The minimum absolute atomic E-state index is 0.0102. The van der Waals surface area contributed by atoms with Crippen LogP contribution < -0.4 is 9.47 Å². The Morgan fingerprint density at radius 1 is 0.931 bits per heavy atom. The number of hydrogen-bond acceptors (Lipinski definition) is 4. The van der Waals surface area contributed by atoms with Gasteiger partial charge >= 0.3 is 0 Å². The molecule has 1 saturated heterocycles. The van der Waals surface area contributed by atoms with Crippen LogP contribution in [0, 0.1) is 13.8 Å². The first-order valence-electron chi connectivity index (χ1n) is 9.89. The molecule has 0 aromatic heterocycles. The molecule has 0 bridgehead atoms. The van der Waals surface area contributed by atoms with Gasteiger partial charge in [-0.05, 0) is 56.2 Å². The molecule has 2 aromatic carbocycles. The summed E-state index contributed by atoms with van der Waals surface area (Å²) in [6.07, 6.45) is 0.747. The highest BCUT2D eigenvalue weighted by molar-refractivity contribution is 5.94. The van der Waals surface area contributed by atoms with E-state index in [-0.39, 0.29) is 18.4 Å². The van der Waals surface area contributed by atoms with Crippen LogP contribution in [0.25, 0.3) is 0 Å². The molecule has 1 aliphatic rings. The Balaban J connectivity index is 1.54. The SMILES string of the molecule is COc1ccc(C(=O)N2CCCN(C(=O)COc3ccc(C)cc3C)CC2)cc1. The summed E-state index contributed by atoms with van der Waals surface area (Å²) in [7, 11) is 1.60. The minimum atomic E-state index is -0.0521. The van der Waals surface area contributed by atoms with E-state index in [4.69, 9.17) is 9.47 Å². The Hall–Kier alpha value is -3.02. The van der Waals surface area contributed by atoms with E-state index in [1.807, 2.05) is 32.0 Å². The molecule has 0 N–H and O–H groups in total. The lowest BCUT2D eigenvalue weighted by atomic mass is 10.1. The lowest BCUT2D eigenvalue weighted by molar-refractivity contribution is -0.133. The van der Waals surface area contributed by atoms with Crippen molar-refractivity contribution in [3.63, 3.8) is 0 Å². The van der Waals surface area contributed by atoms with Crippen LogP contribution in [-0.2, 0) is 4.79 Å². The largest absolute Gasteiger partial charge is 0.497 e. The van der Waals surface area contributed by atoms with Crippen LogP contribution >= 0.6 is 0 Å². The van der Waals surface area contributed by atoms with Crippen molar-refractivity contribution in [1.29, 1.82) is 0 Å². The summed E-state index contributed by atoms with van der Waals surface area (Å²) < 4.78 is 10.9. The molecule has 154 valence electrons. The Kier molecular flexibility index (Phi) is 6.75. The molecule has 0 radical (unpaired) electrons. The molecule has 3 rings (SSSR count). The van der Waals surface area contributed by atoms with E-state index >= 15 is 0 Å². The van der Waals surface area contributed by atoms with Crippen LogP contribution in [0.3, 0.4) is 0 Å². The molecular weight excluding hydrogens is 368 g/mol. The van der Waals surface area contributed by atoms with Crippen LogP contribution in [0.15, 0.2) is 42.5 Å². The summed E-state index contributed by atoms with van der Waals surface area (Å²) in [6.45, 7) is 6.29. The number of amides is 2. The van der Waals surface area contributed by atoms with Crippen LogP contribution in [0.2, 0.25) is 0 Å². The number of benzene rings is 2. The molecule has 6 heteroatoms. The smallest absolute Gasteiger partial charge is 0.260 e. The number of hydrogen-bond donors (Lipinski definition) is 0. The van der Waals surface area contributed by atoms with E-state index < -0.39 is 0 Å². The highest BCUT2D eigenvalue weighted by Gasteiger charge is 2.23. The first kappa shape index (κ1) is 20.7. The summed E-state index contributed by atoms with van der Waals surface area (Å²) in [5, 5.41) is 0. The zero-order valence-electron chi connectivity index (χ0n) is 17.3. The van der Waals surface area contributed by atoms with Gasteiger partial charge < -0.3 is 19.3 Å². The van der Waals surface area contributed by atoms with Crippen molar-refractivity contribution in [1.82, 2.24) is 9.80 Å². The normalized spacial score (nSPS) is 14.3. The number of carbonyl (C=O) groups is 2. The van der Waals surface area contributed by atoms with E-state index in [0.717, 1.165) is 29.0 Å². The van der Waals surface area contributed by atoms with Gasteiger partial charge in [-0.25, -0.2) is 0 Å². The van der Waals surface area contributed by atoms with Gasteiger partial charge in [-0.15, -0.1) is 0 Å². The topological polar surface area (TPSA) is 59.1 Å². The van der Waals surface area contributed by atoms with Gasteiger partial charge in [0.25, 0.3) is 11.8 Å². The number of carbonyl (C=O) groups excluding carboxylic acids is 2. The van der Waals surface area contributed by atoms with E-state index in [0.29, 0.717) is 31.7 Å². The Labute approximate surface area is 172 Å². The van der Waals surface area contributed by atoms with Gasteiger partial charge in [0, 0.05) is 31.7 Å². The predicted octanol–water partition coefficient (Wildman–Crippen LogP) is 3.07. The van der Waals surface area contributed by atoms with Crippen LogP contribution in [0.4, 0.5) is 0 Å². The average Bonchev–Trinajstić information content (AvgIpc) is 2.99. The van der Waals surface area contributed by atoms with Crippen molar-refractivity contribution in [3.8, 4) is 11.5 Å². The molecule has 1 fully saturated rings. The van der Waals surface area contributed by atoms with Gasteiger partial charge in [0.2, 0.25) is 0 Å². The molecule has 1 aliphatic heterocycles. The summed E-state index contributed by atoms with van der Waals surface area (Å²) in [5.74, 6) is 1.38. The quantitative estimate of drug-likeness (QED) is 0.779. The highest BCUT2D eigenvalue weighted by atomic mass is 16.5. The molecule has 0 saturated carbocycles.